The maximum Gasteiger partial charge on any atom is 0.256 e. The molecule has 3 aliphatic rings. The fraction of sp³-hybridized carbons (Fsp3) is 0.500. The Kier molecular flexibility index (Phi) is 5.36. The van der Waals surface area contributed by atoms with Crippen LogP contribution >= 0.6 is 0 Å². The van der Waals surface area contributed by atoms with E-state index < -0.39 is 10.0 Å². The van der Waals surface area contributed by atoms with E-state index in [1.54, 1.807) is 6.07 Å². The molecule has 2 aromatic heterocycles. The van der Waals surface area contributed by atoms with Crippen LogP contribution in [0.3, 0.4) is 0 Å². The van der Waals surface area contributed by atoms with Gasteiger partial charge in [-0.15, -0.1) is 0 Å². The predicted octanol–water partition coefficient (Wildman–Crippen LogP) is 4.13. The Labute approximate surface area is 206 Å². The van der Waals surface area contributed by atoms with E-state index in [4.69, 9.17) is 10.1 Å². The van der Waals surface area contributed by atoms with Gasteiger partial charge in [-0.05, 0) is 70.6 Å². The number of likely N-dealkylation sites (tertiary alicyclic amines) is 1. The number of fused-ring (bicyclic) bond motifs is 1. The number of sulfonamides is 1. The number of benzene rings is 1. The number of carbonyl (C=O) groups is 1. The Hall–Kier alpha value is -2.94. The Balaban J connectivity index is 1.38. The van der Waals surface area contributed by atoms with Gasteiger partial charge in [-0.3, -0.25) is 9.10 Å². The zero-order valence-corrected chi connectivity index (χ0v) is 21.1. The number of carbonyl (C=O) groups excluding carboxylic acids is 1. The molecule has 3 aromatic rings. The third-order valence-corrected chi connectivity index (χ3v) is 9.35. The topological polar surface area (TPSA) is 87.9 Å². The number of anilines is 1. The van der Waals surface area contributed by atoms with E-state index in [1.807, 2.05) is 34.5 Å². The molecule has 184 valence electrons. The number of piperidine rings is 1. The molecule has 9 heteroatoms. The van der Waals surface area contributed by atoms with Gasteiger partial charge in [-0.1, -0.05) is 11.6 Å². The van der Waals surface area contributed by atoms with Crippen LogP contribution in [0.15, 0.2) is 30.3 Å². The van der Waals surface area contributed by atoms with Crippen molar-refractivity contribution in [2.45, 2.75) is 64.3 Å². The molecule has 0 spiro atoms. The fourth-order valence-corrected chi connectivity index (χ4v) is 7.09. The molecule has 1 unspecified atom stereocenters. The first-order valence-corrected chi connectivity index (χ1v) is 14.2. The molecule has 0 N–H and O–H groups in total. The molecule has 1 amide bonds. The predicted molar refractivity (Wildman–Crippen MR) is 134 cm³/mol. The average molecular weight is 494 g/mol. The van der Waals surface area contributed by atoms with Crippen LogP contribution in [0.5, 0.6) is 0 Å². The van der Waals surface area contributed by atoms with Crippen molar-refractivity contribution in [3.63, 3.8) is 0 Å². The van der Waals surface area contributed by atoms with Crippen molar-refractivity contribution in [2.75, 3.05) is 23.1 Å². The molecule has 2 saturated heterocycles. The second-order valence-electron chi connectivity index (χ2n) is 10.2. The van der Waals surface area contributed by atoms with E-state index in [2.05, 4.69) is 13.0 Å². The first kappa shape index (κ1) is 22.5. The SMILES string of the molecule is Cc1ccc(N2CCCS2(=O)=O)c(C(=O)N2CCCCC2c2cc3nc(C4CC4)cc(C)n3n2)c1. The Morgan fingerprint density at radius 3 is 2.54 bits per heavy atom. The lowest BCUT2D eigenvalue weighted by Gasteiger charge is -2.35. The zero-order chi connectivity index (χ0) is 24.3. The fourth-order valence-electron chi connectivity index (χ4n) is 5.50. The molecule has 3 fully saturated rings. The molecule has 4 heterocycles. The van der Waals surface area contributed by atoms with Gasteiger partial charge in [0.2, 0.25) is 10.0 Å². The number of amides is 1. The molecule has 1 aromatic carbocycles. The summed E-state index contributed by atoms with van der Waals surface area (Å²) in [6.07, 6.45) is 5.73. The molecular weight excluding hydrogens is 462 g/mol. The first-order chi connectivity index (χ1) is 16.8. The van der Waals surface area contributed by atoms with Gasteiger partial charge < -0.3 is 4.90 Å². The largest absolute Gasteiger partial charge is 0.330 e. The molecule has 1 atom stereocenters. The van der Waals surface area contributed by atoms with Crippen molar-refractivity contribution < 1.29 is 13.2 Å². The molecular formula is C26H31N5O3S. The van der Waals surface area contributed by atoms with Crippen molar-refractivity contribution in [2.24, 2.45) is 0 Å². The minimum Gasteiger partial charge on any atom is -0.330 e. The summed E-state index contributed by atoms with van der Waals surface area (Å²) in [6, 6.07) is 9.47. The number of hydrogen-bond acceptors (Lipinski definition) is 5. The van der Waals surface area contributed by atoms with Crippen LogP contribution in [0.25, 0.3) is 5.65 Å². The Morgan fingerprint density at radius 2 is 1.80 bits per heavy atom. The summed E-state index contributed by atoms with van der Waals surface area (Å²) < 4.78 is 28.6. The van der Waals surface area contributed by atoms with Gasteiger partial charge in [0.15, 0.2) is 5.65 Å². The summed E-state index contributed by atoms with van der Waals surface area (Å²) >= 11 is 0. The van der Waals surface area contributed by atoms with Gasteiger partial charge in [0.05, 0.1) is 28.7 Å². The zero-order valence-electron chi connectivity index (χ0n) is 20.3. The molecule has 0 bridgehead atoms. The molecule has 35 heavy (non-hydrogen) atoms. The number of aryl methyl sites for hydroxylation is 2. The van der Waals surface area contributed by atoms with Gasteiger partial charge in [0.1, 0.15) is 0 Å². The highest BCUT2D eigenvalue weighted by molar-refractivity contribution is 7.93. The van der Waals surface area contributed by atoms with Crippen LogP contribution in [0.4, 0.5) is 5.69 Å². The second-order valence-corrected chi connectivity index (χ2v) is 12.2. The van der Waals surface area contributed by atoms with Crippen LogP contribution in [-0.4, -0.2) is 52.7 Å². The highest BCUT2D eigenvalue weighted by Crippen LogP contribution is 2.40. The molecule has 1 saturated carbocycles. The lowest BCUT2D eigenvalue weighted by molar-refractivity contribution is 0.0606. The molecule has 6 rings (SSSR count). The minimum absolute atomic E-state index is 0.122. The minimum atomic E-state index is -3.39. The van der Waals surface area contributed by atoms with E-state index in [0.717, 1.165) is 47.6 Å². The lowest BCUT2D eigenvalue weighted by atomic mass is 9.97. The third kappa shape index (κ3) is 3.99. The van der Waals surface area contributed by atoms with Crippen molar-refractivity contribution >= 4 is 27.3 Å². The third-order valence-electron chi connectivity index (χ3n) is 7.50. The summed E-state index contributed by atoms with van der Waals surface area (Å²) in [5.41, 5.74) is 5.75. The van der Waals surface area contributed by atoms with E-state index in [-0.39, 0.29) is 17.7 Å². The van der Waals surface area contributed by atoms with Crippen LogP contribution < -0.4 is 4.31 Å². The van der Waals surface area contributed by atoms with Gasteiger partial charge in [-0.2, -0.15) is 5.10 Å². The van der Waals surface area contributed by atoms with E-state index >= 15 is 0 Å². The van der Waals surface area contributed by atoms with E-state index in [9.17, 15) is 13.2 Å². The number of hydrogen-bond donors (Lipinski definition) is 0. The smallest absolute Gasteiger partial charge is 0.256 e. The lowest BCUT2D eigenvalue weighted by Crippen LogP contribution is -2.39. The van der Waals surface area contributed by atoms with Crippen LogP contribution in [0.1, 0.15) is 83.5 Å². The Morgan fingerprint density at radius 1 is 0.971 bits per heavy atom. The van der Waals surface area contributed by atoms with Gasteiger partial charge in [0.25, 0.3) is 5.91 Å². The molecule has 8 nitrogen and oxygen atoms in total. The van der Waals surface area contributed by atoms with Crippen LogP contribution in [0.2, 0.25) is 0 Å². The van der Waals surface area contributed by atoms with Crippen molar-refractivity contribution in [1.29, 1.82) is 0 Å². The molecule has 1 aliphatic carbocycles. The van der Waals surface area contributed by atoms with Crippen molar-refractivity contribution in [3.05, 3.63) is 58.5 Å². The number of nitrogens with zero attached hydrogens (tertiary/aromatic N) is 5. The Bertz CT molecular complexity index is 1430. The number of aromatic nitrogens is 3. The summed E-state index contributed by atoms with van der Waals surface area (Å²) in [4.78, 5) is 20.8. The summed E-state index contributed by atoms with van der Waals surface area (Å²) in [5.74, 6) is 0.555. The van der Waals surface area contributed by atoms with Gasteiger partial charge in [-0.25, -0.2) is 17.9 Å². The standard InChI is InChI=1S/C26H31N5O3S/c1-17-7-10-23(30-12-5-13-35(30,33)34)20(14-17)26(32)29-11-4-3-6-24(29)22-16-25-27-21(19-8-9-19)15-18(2)31(25)28-22/h7,10,14-16,19,24H,3-6,8-9,11-13H2,1-2H3. The van der Waals surface area contributed by atoms with Gasteiger partial charge in [0, 0.05) is 36.5 Å². The maximum absolute atomic E-state index is 14.0. The van der Waals surface area contributed by atoms with Gasteiger partial charge >= 0.3 is 0 Å². The van der Waals surface area contributed by atoms with Crippen molar-refractivity contribution in [1.82, 2.24) is 19.5 Å². The summed E-state index contributed by atoms with van der Waals surface area (Å²) in [7, 11) is -3.39. The van der Waals surface area contributed by atoms with Crippen LogP contribution in [0, 0.1) is 13.8 Å². The monoisotopic (exact) mass is 493 g/mol. The van der Waals surface area contributed by atoms with E-state index in [1.165, 1.54) is 17.1 Å². The van der Waals surface area contributed by atoms with Crippen LogP contribution in [-0.2, 0) is 10.0 Å². The molecule has 2 aliphatic heterocycles. The summed E-state index contributed by atoms with van der Waals surface area (Å²) in [5, 5.41) is 4.88. The normalized spacial score (nSPS) is 22.2. The maximum atomic E-state index is 14.0. The second kappa shape index (κ2) is 8.33. The quantitative estimate of drug-likeness (QED) is 0.545. The molecule has 0 radical (unpaired) electrons. The highest BCUT2D eigenvalue weighted by Gasteiger charge is 2.36. The first-order valence-electron chi connectivity index (χ1n) is 12.6. The van der Waals surface area contributed by atoms with Crippen molar-refractivity contribution in [3.8, 4) is 0 Å². The van der Waals surface area contributed by atoms with E-state index in [0.29, 0.717) is 36.7 Å². The number of rotatable bonds is 4. The average Bonchev–Trinajstić information content (AvgIpc) is 3.50. The highest BCUT2D eigenvalue weighted by atomic mass is 32.2. The summed E-state index contributed by atoms with van der Waals surface area (Å²) in [6.45, 7) is 5.02.